The number of methoxy groups -OCH3 is 1. The molecule has 1 heterocycles. The SMILES string of the molecule is CCc1ccc(CNCc2cccc(OC)c2F)s1. The number of hydrogen-bond acceptors (Lipinski definition) is 3. The molecule has 0 saturated heterocycles. The lowest BCUT2D eigenvalue weighted by molar-refractivity contribution is 0.383. The summed E-state index contributed by atoms with van der Waals surface area (Å²) in [6.07, 6.45) is 1.06. The van der Waals surface area contributed by atoms with Crippen LogP contribution in [0, 0.1) is 5.82 Å². The Hall–Kier alpha value is -1.39. The zero-order valence-electron chi connectivity index (χ0n) is 11.2. The standard InChI is InChI=1S/C15H18FNOS/c1-3-12-7-8-13(19-12)10-17-9-11-5-4-6-14(18-2)15(11)16/h4-8,17H,3,9-10H2,1-2H3. The molecule has 2 aromatic rings. The molecule has 4 heteroatoms. The van der Waals surface area contributed by atoms with E-state index in [0.717, 1.165) is 13.0 Å². The second kappa shape index (κ2) is 6.68. The van der Waals surface area contributed by atoms with E-state index in [1.807, 2.05) is 0 Å². The highest BCUT2D eigenvalue weighted by Gasteiger charge is 2.07. The minimum absolute atomic E-state index is 0.280. The molecule has 0 saturated carbocycles. The molecule has 102 valence electrons. The van der Waals surface area contributed by atoms with E-state index in [4.69, 9.17) is 4.74 Å². The molecule has 19 heavy (non-hydrogen) atoms. The zero-order valence-corrected chi connectivity index (χ0v) is 12.0. The molecule has 0 radical (unpaired) electrons. The van der Waals surface area contributed by atoms with Crippen molar-refractivity contribution in [3.8, 4) is 5.75 Å². The Bertz CT molecular complexity index is 539. The minimum atomic E-state index is -0.280. The van der Waals surface area contributed by atoms with E-state index in [2.05, 4.69) is 24.4 Å². The molecular formula is C15H18FNOS. The van der Waals surface area contributed by atoms with Gasteiger partial charge in [0.05, 0.1) is 7.11 Å². The molecule has 1 N–H and O–H groups in total. The van der Waals surface area contributed by atoms with Gasteiger partial charge in [-0.15, -0.1) is 11.3 Å². The number of ether oxygens (including phenoxy) is 1. The number of thiophene rings is 1. The number of nitrogens with one attached hydrogen (secondary N) is 1. The maximum Gasteiger partial charge on any atom is 0.169 e. The summed E-state index contributed by atoms with van der Waals surface area (Å²) in [5.74, 6) is 0.0154. The van der Waals surface area contributed by atoms with Crippen molar-refractivity contribution in [2.75, 3.05) is 7.11 Å². The maximum absolute atomic E-state index is 13.9. The first-order chi connectivity index (χ1) is 9.24. The van der Waals surface area contributed by atoms with Gasteiger partial charge in [-0.2, -0.15) is 0 Å². The predicted octanol–water partition coefficient (Wildman–Crippen LogP) is 3.75. The van der Waals surface area contributed by atoms with Gasteiger partial charge in [-0.25, -0.2) is 4.39 Å². The van der Waals surface area contributed by atoms with E-state index < -0.39 is 0 Å². The van der Waals surface area contributed by atoms with Crippen molar-refractivity contribution >= 4 is 11.3 Å². The summed E-state index contributed by atoms with van der Waals surface area (Å²) in [5.41, 5.74) is 0.631. The molecule has 0 unspecified atom stereocenters. The quantitative estimate of drug-likeness (QED) is 0.869. The van der Waals surface area contributed by atoms with Gasteiger partial charge in [0, 0.05) is 28.4 Å². The molecule has 0 aliphatic heterocycles. The highest BCUT2D eigenvalue weighted by molar-refractivity contribution is 7.11. The van der Waals surface area contributed by atoms with Crippen LogP contribution in [0.2, 0.25) is 0 Å². The summed E-state index contributed by atoms with van der Waals surface area (Å²) in [6.45, 7) is 3.42. The summed E-state index contributed by atoms with van der Waals surface area (Å²) in [4.78, 5) is 2.66. The third kappa shape index (κ3) is 3.55. The number of benzene rings is 1. The van der Waals surface area contributed by atoms with Crippen LogP contribution in [0.25, 0.3) is 0 Å². The van der Waals surface area contributed by atoms with Crippen LogP contribution in [0.5, 0.6) is 5.75 Å². The average Bonchev–Trinajstić information content (AvgIpc) is 2.89. The molecule has 0 aliphatic carbocycles. The van der Waals surface area contributed by atoms with Gasteiger partial charge in [0.15, 0.2) is 11.6 Å². The molecule has 0 aliphatic rings. The van der Waals surface area contributed by atoms with Gasteiger partial charge in [-0.05, 0) is 24.6 Å². The molecule has 1 aromatic carbocycles. The van der Waals surface area contributed by atoms with Crippen molar-refractivity contribution in [3.63, 3.8) is 0 Å². The van der Waals surface area contributed by atoms with Crippen molar-refractivity contribution < 1.29 is 9.13 Å². The van der Waals surface area contributed by atoms with Crippen LogP contribution >= 0.6 is 11.3 Å². The Morgan fingerprint density at radius 3 is 2.63 bits per heavy atom. The minimum Gasteiger partial charge on any atom is -0.494 e. The number of rotatable bonds is 6. The third-order valence-corrected chi connectivity index (χ3v) is 4.17. The summed E-state index contributed by atoms with van der Waals surface area (Å²) in [6, 6.07) is 9.48. The lowest BCUT2D eigenvalue weighted by Gasteiger charge is -2.08. The molecular weight excluding hydrogens is 261 g/mol. The van der Waals surface area contributed by atoms with E-state index >= 15 is 0 Å². The van der Waals surface area contributed by atoms with Crippen molar-refractivity contribution in [2.24, 2.45) is 0 Å². The smallest absolute Gasteiger partial charge is 0.169 e. The third-order valence-electron chi connectivity index (χ3n) is 2.94. The van der Waals surface area contributed by atoms with Crippen molar-refractivity contribution in [1.29, 1.82) is 0 Å². The molecule has 1 aromatic heterocycles. The van der Waals surface area contributed by atoms with Gasteiger partial charge in [0.2, 0.25) is 0 Å². The van der Waals surface area contributed by atoms with Gasteiger partial charge < -0.3 is 10.1 Å². The molecule has 0 amide bonds. The lowest BCUT2D eigenvalue weighted by Crippen LogP contribution is -2.13. The molecule has 2 nitrogen and oxygen atoms in total. The largest absolute Gasteiger partial charge is 0.494 e. The fourth-order valence-corrected chi connectivity index (χ4v) is 2.81. The summed E-state index contributed by atoms with van der Waals surface area (Å²) >= 11 is 1.80. The first-order valence-corrected chi connectivity index (χ1v) is 7.16. The number of hydrogen-bond donors (Lipinski definition) is 1. The van der Waals surface area contributed by atoms with Gasteiger partial charge >= 0.3 is 0 Å². The van der Waals surface area contributed by atoms with Crippen LogP contribution < -0.4 is 10.1 Å². The van der Waals surface area contributed by atoms with Crippen molar-refractivity contribution in [2.45, 2.75) is 26.4 Å². The van der Waals surface area contributed by atoms with Crippen LogP contribution in [-0.4, -0.2) is 7.11 Å². The zero-order chi connectivity index (χ0) is 13.7. The Morgan fingerprint density at radius 2 is 1.95 bits per heavy atom. The van der Waals surface area contributed by atoms with E-state index in [0.29, 0.717) is 17.9 Å². The second-order valence-corrected chi connectivity index (χ2v) is 5.51. The van der Waals surface area contributed by atoms with Crippen molar-refractivity contribution in [1.82, 2.24) is 5.32 Å². The summed E-state index contributed by atoms with van der Waals surface area (Å²) in [7, 11) is 1.48. The van der Waals surface area contributed by atoms with E-state index in [1.165, 1.54) is 16.9 Å². The highest BCUT2D eigenvalue weighted by Crippen LogP contribution is 2.20. The molecule has 0 spiro atoms. The summed E-state index contributed by atoms with van der Waals surface area (Å²) in [5, 5.41) is 3.26. The van der Waals surface area contributed by atoms with Crippen LogP contribution in [-0.2, 0) is 19.5 Å². The van der Waals surface area contributed by atoms with Crippen LogP contribution in [0.1, 0.15) is 22.2 Å². The lowest BCUT2D eigenvalue weighted by atomic mass is 10.2. The monoisotopic (exact) mass is 279 g/mol. The average molecular weight is 279 g/mol. The van der Waals surface area contributed by atoms with Gasteiger partial charge in [-0.3, -0.25) is 0 Å². The fourth-order valence-electron chi connectivity index (χ4n) is 1.88. The highest BCUT2D eigenvalue weighted by atomic mass is 32.1. The van der Waals surface area contributed by atoms with Gasteiger partial charge in [0.25, 0.3) is 0 Å². The normalized spacial score (nSPS) is 10.7. The number of aryl methyl sites for hydroxylation is 1. The Labute approximate surface area is 117 Å². The van der Waals surface area contributed by atoms with Crippen LogP contribution in [0.4, 0.5) is 4.39 Å². The fraction of sp³-hybridized carbons (Fsp3) is 0.333. The maximum atomic E-state index is 13.9. The van der Waals surface area contributed by atoms with Crippen LogP contribution in [0.15, 0.2) is 30.3 Å². The molecule has 0 fully saturated rings. The topological polar surface area (TPSA) is 21.3 Å². The second-order valence-electron chi connectivity index (χ2n) is 4.26. The summed E-state index contributed by atoms with van der Waals surface area (Å²) < 4.78 is 18.9. The van der Waals surface area contributed by atoms with Crippen molar-refractivity contribution in [3.05, 3.63) is 51.5 Å². The predicted molar refractivity (Wildman–Crippen MR) is 77.2 cm³/mol. The first-order valence-electron chi connectivity index (χ1n) is 6.34. The van der Waals surface area contributed by atoms with E-state index in [1.54, 1.807) is 29.5 Å². The molecule has 0 bridgehead atoms. The number of halogens is 1. The molecule has 2 rings (SSSR count). The van der Waals surface area contributed by atoms with Crippen LogP contribution in [0.3, 0.4) is 0 Å². The molecule has 0 atom stereocenters. The first kappa shape index (κ1) is 14.0. The van der Waals surface area contributed by atoms with Gasteiger partial charge in [-0.1, -0.05) is 19.1 Å². The van der Waals surface area contributed by atoms with E-state index in [9.17, 15) is 4.39 Å². The Balaban J connectivity index is 1.92. The van der Waals surface area contributed by atoms with Gasteiger partial charge in [0.1, 0.15) is 0 Å². The Morgan fingerprint density at radius 1 is 1.16 bits per heavy atom. The Kier molecular flexibility index (Phi) is 4.93. The van der Waals surface area contributed by atoms with E-state index in [-0.39, 0.29) is 5.82 Å².